The van der Waals surface area contributed by atoms with Crippen molar-refractivity contribution in [3.8, 4) is 0 Å². The Bertz CT molecular complexity index is 747. The lowest BCUT2D eigenvalue weighted by Crippen LogP contribution is -2.38. The molecule has 3 rings (SSSR count). The fraction of sp³-hybridized carbons (Fsp3) is 0.316. The first-order valence-corrected chi connectivity index (χ1v) is 9.35. The number of hydrogen-bond donors (Lipinski definition) is 2. The quantitative estimate of drug-likeness (QED) is 0.551. The largest absolute Gasteiger partial charge is 0.399 e. The molecule has 0 unspecified atom stereocenters. The van der Waals surface area contributed by atoms with Crippen molar-refractivity contribution in [2.45, 2.75) is 32.2 Å². The van der Waals surface area contributed by atoms with Gasteiger partial charge in [-0.25, -0.2) is 0 Å². The second-order valence-electron chi connectivity index (χ2n) is 6.28. The Hall–Kier alpha value is -1.76. The monoisotopic (exact) mass is 435 g/mol. The highest BCUT2D eigenvalue weighted by Gasteiger charge is 2.22. The molecular formula is C19H22IN3O. The molecule has 1 amide bonds. The standard InChI is InChI=1S/C19H22IN3O/c1-13-5-2-3-10-23(13)18-9-8-16(21)12-17(18)22-19(24)14-6-4-7-15(20)11-14/h4,6-9,11-13H,2-3,5,10,21H2,1H3,(H,22,24)/t13-/m0/s1. The summed E-state index contributed by atoms with van der Waals surface area (Å²) in [5.74, 6) is -0.106. The topological polar surface area (TPSA) is 58.4 Å². The first-order valence-electron chi connectivity index (χ1n) is 8.27. The van der Waals surface area contributed by atoms with E-state index in [2.05, 4.69) is 39.7 Å². The van der Waals surface area contributed by atoms with Crippen LogP contribution in [0.1, 0.15) is 36.5 Å². The zero-order chi connectivity index (χ0) is 17.1. The molecule has 0 aliphatic carbocycles. The van der Waals surface area contributed by atoms with Gasteiger partial charge in [0.25, 0.3) is 5.91 Å². The average Bonchev–Trinajstić information content (AvgIpc) is 2.56. The summed E-state index contributed by atoms with van der Waals surface area (Å²) in [5, 5.41) is 3.05. The van der Waals surface area contributed by atoms with Crippen LogP contribution in [0.25, 0.3) is 0 Å². The Kier molecular flexibility index (Phi) is 5.28. The van der Waals surface area contributed by atoms with Gasteiger partial charge in [0.05, 0.1) is 11.4 Å². The predicted molar refractivity (Wildman–Crippen MR) is 109 cm³/mol. The fourth-order valence-electron chi connectivity index (χ4n) is 3.18. The van der Waals surface area contributed by atoms with Gasteiger partial charge in [-0.3, -0.25) is 4.79 Å². The Morgan fingerprint density at radius 1 is 1.25 bits per heavy atom. The maximum absolute atomic E-state index is 12.6. The van der Waals surface area contributed by atoms with E-state index in [1.165, 1.54) is 19.3 Å². The van der Waals surface area contributed by atoms with Gasteiger partial charge in [0, 0.05) is 27.4 Å². The van der Waals surface area contributed by atoms with Gasteiger partial charge in [-0.05, 0) is 85.2 Å². The highest BCUT2D eigenvalue weighted by molar-refractivity contribution is 14.1. The van der Waals surface area contributed by atoms with Gasteiger partial charge in [-0.15, -0.1) is 0 Å². The van der Waals surface area contributed by atoms with Gasteiger partial charge in [0.1, 0.15) is 0 Å². The third kappa shape index (κ3) is 3.83. The van der Waals surface area contributed by atoms with Gasteiger partial charge < -0.3 is 16.0 Å². The van der Waals surface area contributed by atoms with Crippen LogP contribution in [0.5, 0.6) is 0 Å². The highest BCUT2D eigenvalue weighted by atomic mass is 127. The smallest absolute Gasteiger partial charge is 0.255 e. The molecule has 2 aromatic carbocycles. The van der Waals surface area contributed by atoms with Gasteiger partial charge in [-0.1, -0.05) is 6.07 Å². The molecule has 24 heavy (non-hydrogen) atoms. The summed E-state index contributed by atoms with van der Waals surface area (Å²) in [7, 11) is 0. The van der Waals surface area contributed by atoms with Gasteiger partial charge in [0.15, 0.2) is 0 Å². The lowest BCUT2D eigenvalue weighted by atomic mass is 10.0. The minimum atomic E-state index is -0.106. The van der Waals surface area contributed by atoms with Crippen molar-refractivity contribution < 1.29 is 4.79 Å². The number of nitrogens with one attached hydrogen (secondary N) is 1. The summed E-state index contributed by atoms with van der Waals surface area (Å²) in [6, 6.07) is 13.8. The van der Waals surface area contributed by atoms with Crippen LogP contribution in [0.3, 0.4) is 0 Å². The molecule has 1 aliphatic heterocycles. The molecular weight excluding hydrogens is 413 g/mol. The number of nitrogens with two attached hydrogens (primary N) is 1. The number of carbonyl (C=O) groups excluding carboxylic acids is 1. The fourth-order valence-corrected chi connectivity index (χ4v) is 3.73. The Morgan fingerprint density at radius 2 is 2.08 bits per heavy atom. The zero-order valence-corrected chi connectivity index (χ0v) is 15.9. The summed E-state index contributed by atoms with van der Waals surface area (Å²) in [5.41, 5.74) is 9.10. The van der Waals surface area contributed by atoms with Crippen molar-refractivity contribution in [2.75, 3.05) is 22.5 Å². The maximum atomic E-state index is 12.6. The Morgan fingerprint density at radius 3 is 2.83 bits per heavy atom. The third-order valence-electron chi connectivity index (χ3n) is 4.47. The molecule has 2 aromatic rings. The maximum Gasteiger partial charge on any atom is 0.255 e. The summed E-state index contributed by atoms with van der Waals surface area (Å²) in [4.78, 5) is 15.0. The number of nitrogens with zero attached hydrogens (tertiary/aromatic N) is 1. The van der Waals surface area contributed by atoms with Crippen molar-refractivity contribution in [1.29, 1.82) is 0 Å². The van der Waals surface area contributed by atoms with Crippen LogP contribution in [0.2, 0.25) is 0 Å². The van der Waals surface area contributed by atoms with E-state index in [4.69, 9.17) is 5.73 Å². The van der Waals surface area contributed by atoms with E-state index in [-0.39, 0.29) is 5.91 Å². The molecule has 1 fully saturated rings. The van der Waals surface area contributed by atoms with E-state index in [0.717, 1.165) is 21.5 Å². The number of benzene rings is 2. The number of piperidine rings is 1. The molecule has 0 radical (unpaired) electrons. The van der Waals surface area contributed by atoms with E-state index in [1.807, 2.05) is 42.5 Å². The average molecular weight is 435 g/mol. The highest BCUT2D eigenvalue weighted by Crippen LogP contribution is 2.33. The minimum Gasteiger partial charge on any atom is -0.399 e. The van der Waals surface area contributed by atoms with Crippen LogP contribution in [0, 0.1) is 3.57 Å². The summed E-state index contributed by atoms with van der Waals surface area (Å²) in [6.07, 6.45) is 3.62. The van der Waals surface area contributed by atoms with Crippen molar-refractivity contribution in [1.82, 2.24) is 0 Å². The number of anilines is 3. The predicted octanol–water partition coefficient (Wildman–Crippen LogP) is 4.50. The normalized spacial score (nSPS) is 17.6. The molecule has 1 atom stereocenters. The van der Waals surface area contributed by atoms with Crippen LogP contribution in [0.15, 0.2) is 42.5 Å². The van der Waals surface area contributed by atoms with Crippen LogP contribution in [-0.2, 0) is 0 Å². The van der Waals surface area contributed by atoms with E-state index in [9.17, 15) is 4.79 Å². The number of hydrogen-bond acceptors (Lipinski definition) is 3. The molecule has 1 saturated heterocycles. The molecule has 0 bridgehead atoms. The molecule has 1 heterocycles. The molecule has 1 aliphatic rings. The van der Waals surface area contributed by atoms with Crippen molar-refractivity contribution in [3.63, 3.8) is 0 Å². The minimum absolute atomic E-state index is 0.106. The van der Waals surface area contributed by atoms with E-state index >= 15 is 0 Å². The van der Waals surface area contributed by atoms with Crippen molar-refractivity contribution >= 4 is 45.6 Å². The molecule has 5 heteroatoms. The molecule has 3 N–H and O–H groups in total. The second-order valence-corrected chi connectivity index (χ2v) is 7.52. The van der Waals surface area contributed by atoms with Gasteiger partial charge in [0.2, 0.25) is 0 Å². The number of rotatable bonds is 3. The molecule has 0 spiro atoms. The van der Waals surface area contributed by atoms with Crippen LogP contribution in [-0.4, -0.2) is 18.5 Å². The van der Waals surface area contributed by atoms with E-state index in [0.29, 0.717) is 17.3 Å². The molecule has 0 aromatic heterocycles. The number of nitrogen functional groups attached to an aromatic ring is 1. The summed E-state index contributed by atoms with van der Waals surface area (Å²) >= 11 is 2.21. The van der Waals surface area contributed by atoms with Crippen LogP contribution >= 0.6 is 22.6 Å². The summed E-state index contributed by atoms with van der Waals surface area (Å²) < 4.78 is 1.04. The van der Waals surface area contributed by atoms with E-state index in [1.54, 1.807) is 0 Å². The second kappa shape index (κ2) is 7.42. The molecule has 0 saturated carbocycles. The first-order chi connectivity index (χ1) is 11.5. The Labute approximate surface area is 156 Å². The SMILES string of the molecule is C[C@H]1CCCCN1c1ccc(N)cc1NC(=O)c1cccc(I)c1. The Balaban J connectivity index is 1.89. The molecule has 4 nitrogen and oxygen atoms in total. The van der Waals surface area contributed by atoms with Crippen LogP contribution < -0.4 is 16.0 Å². The van der Waals surface area contributed by atoms with Crippen molar-refractivity contribution in [3.05, 3.63) is 51.6 Å². The van der Waals surface area contributed by atoms with E-state index < -0.39 is 0 Å². The van der Waals surface area contributed by atoms with Gasteiger partial charge in [-0.2, -0.15) is 0 Å². The first kappa shape index (κ1) is 17.1. The number of amides is 1. The molecule has 126 valence electrons. The third-order valence-corrected chi connectivity index (χ3v) is 5.14. The number of halogens is 1. The van der Waals surface area contributed by atoms with Crippen molar-refractivity contribution in [2.24, 2.45) is 0 Å². The lowest BCUT2D eigenvalue weighted by molar-refractivity contribution is 0.102. The zero-order valence-electron chi connectivity index (χ0n) is 13.8. The van der Waals surface area contributed by atoms with Gasteiger partial charge >= 0.3 is 0 Å². The summed E-state index contributed by atoms with van der Waals surface area (Å²) in [6.45, 7) is 3.25. The number of carbonyl (C=O) groups is 1. The van der Waals surface area contributed by atoms with Crippen LogP contribution in [0.4, 0.5) is 17.1 Å². The lowest BCUT2D eigenvalue weighted by Gasteiger charge is -2.36.